The van der Waals surface area contributed by atoms with Gasteiger partial charge in [-0.2, -0.15) is 0 Å². The molecule has 0 radical (unpaired) electrons. The molecule has 6 heteroatoms. The molecular weight excluding hydrogens is 380 g/mol. The van der Waals surface area contributed by atoms with Gasteiger partial charge in [0, 0.05) is 42.8 Å². The summed E-state index contributed by atoms with van der Waals surface area (Å²) in [6, 6.07) is 11.4. The zero-order chi connectivity index (χ0) is 15.4. The fourth-order valence-electron chi connectivity index (χ4n) is 2.55. The van der Waals surface area contributed by atoms with Crippen molar-refractivity contribution in [3.63, 3.8) is 0 Å². The Morgan fingerprint density at radius 2 is 1.87 bits per heavy atom. The van der Waals surface area contributed by atoms with Crippen LogP contribution in [0.25, 0.3) is 0 Å². The van der Waals surface area contributed by atoms with Gasteiger partial charge in [-0.25, -0.2) is 0 Å². The van der Waals surface area contributed by atoms with Gasteiger partial charge in [-0.05, 0) is 36.4 Å². The molecule has 1 aliphatic rings. The third-order valence-corrected chi connectivity index (χ3v) is 4.28. The summed E-state index contributed by atoms with van der Waals surface area (Å²) in [5.41, 5.74) is 0.648. The van der Waals surface area contributed by atoms with Crippen LogP contribution in [0.3, 0.4) is 0 Å². The van der Waals surface area contributed by atoms with E-state index in [-0.39, 0.29) is 24.4 Å². The van der Waals surface area contributed by atoms with Crippen molar-refractivity contribution in [2.45, 2.75) is 18.9 Å². The Morgan fingerprint density at radius 1 is 1.17 bits per heavy atom. The van der Waals surface area contributed by atoms with E-state index >= 15 is 0 Å². The van der Waals surface area contributed by atoms with E-state index in [4.69, 9.17) is 4.74 Å². The molecule has 0 bridgehead atoms. The fourth-order valence-corrected chi connectivity index (χ4v) is 2.82. The molecule has 0 atom stereocenters. The van der Waals surface area contributed by atoms with Gasteiger partial charge in [0.2, 0.25) is 0 Å². The first-order valence-corrected chi connectivity index (χ1v) is 8.13. The standard InChI is InChI=1S/C17H17BrN2O2.ClH/c18-14-3-5-15(6-4-14)22-16-7-10-20(11-8-16)17(21)13-2-1-9-19-12-13;/h1-6,9,12,16H,7-8,10-11H2;1H. The minimum atomic E-state index is 0. The van der Waals surface area contributed by atoms with Gasteiger partial charge in [-0.1, -0.05) is 15.9 Å². The van der Waals surface area contributed by atoms with Crippen LogP contribution in [0.4, 0.5) is 0 Å². The van der Waals surface area contributed by atoms with Crippen LogP contribution in [-0.4, -0.2) is 35.0 Å². The van der Waals surface area contributed by atoms with E-state index in [1.165, 1.54) is 0 Å². The number of ether oxygens (including phenoxy) is 1. The van der Waals surface area contributed by atoms with Gasteiger partial charge in [-0.15, -0.1) is 12.4 Å². The number of piperidine rings is 1. The summed E-state index contributed by atoms with van der Waals surface area (Å²) in [4.78, 5) is 18.2. The minimum absolute atomic E-state index is 0. The normalized spacial score (nSPS) is 14.9. The Bertz CT molecular complexity index is 629. The number of benzene rings is 1. The number of carbonyl (C=O) groups is 1. The van der Waals surface area contributed by atoms with Crippen molar-refractivity contribution in [3.05, 3.63) is 58.8 Å². The third kappa shape index (κ3) is 4.69. The molecule has 0 saturated carbocycles. The molecular formula is C17H18BrClN2O2. The molecule has 0 spiro atoms. The quantitative estimate of drug-likeness (QED) is 0.787. The van der Waals surface area contributed by atoms with Crippen molar-refractivity contribution >= 4 is 34.2 Å². The molecule has 0 N–H and O–H groups in total. The number of nitrogens with zero attached hydrogens (tertiary/aromatic N) is 2. The molecule has 122 valence electrons. The summed E-state index contributed by atoms with van der Waals surface area (Å²) in [5.74, 6) is 0.926. The van der Waals surface area contributed by atoms with E-state index in [1.54, 1.807) is 24.5 Å². The van der Waals surface area contributed by atoms with Crippen LogP contribution in [-0.2, 0) is 0 Å². The molecule has 4 nitrogen and oxygen atoms in total. The molecule has 1 aliphatic heterocycles. The fraction of sp³-hybridized carbons (Fsp3) is 0.294. The largest absolute Gasteiger partial charge is 0.490 e. The average Bonchev–Trinajstić information content (AvgIpc) is 2.58. The molecule has 0 unspecified atom stereocenters. The zero-order valence-electron chi connectivity index (χ0n) is 12.5. The maximum atomic E-state index is 12.3. The molecule has 2 aromatic rings. The molecule has 0 aliphatic carbocycles. The number of carbonyl (C=O) groups excluding carboxylic acids is 1. The SMILES string of the molecule is Cl.O=C(c1cccnc1)N1CCC(Oc2ccc(Br)cc2)CC1. The number of pyridine rings is 1. The summed E-state index contributed by atoms with van der Waals surface area (Å²) in [6.45, 7) is 1.43. The Labute approximate surface area is 150 Å². The summed E-state index contributed by atoms with van der Waals surface area (Å²) >= 11 is 3.41. The van der Waals surface area contributed by atoms with Crippen molar-refractivity contribution < 1.29 is 9.53 Å². The lowest BCUT2D eigenvalue weighted by Gasteiger charge is -2.32. The minimum Gasteiger partial charge on any atom is -0.490 e. The highest BCUT2D eigenvalue weighted by atomic mass is 79.9. The number of amides is 1. The van der Waals surface area contributed by atoms with E-state index in [1.807, 2.05) is 29.2 Å². The van der Waals surface area contributed by atoms with Gasteiger partial charge in [0.05, 0.1) is 5.56 Å². The van der Waals surface area contributed by atoms with Crippen molar-refractivity contribution in [1.29, 1.82) is 0 Å². The van der Waals surface area contributed by atoms with Crippen LogP contribution in [0.5, 0.6) is 5.75 Å². The smallest absolute Gasteiger partial charge is 0.255 e. The lowest BCUT2D eigenvalue weighted by atomic mass is 10.1. The number of hydrogen-bond acceptors (Lipinski definition) is 3. The molecule has 1 amide bonds. The lowest BCUT2D eigenvalue weighted by molar-refractivity contribution is 0.0595. The second kappa shape index (κ2) is 8.31. The van der Waals surface area contributed by atoms with E-state index in [0.29, 0.717) is 5.56 Å². The molecule has 1 saturated heterocycles. The first kappa shape index (κ1) is 17.8. The Hall–Kier alpha value is -1.59. The van der Waals surface area contributed by atoms with Gasteiger partial charge in [0.1, 0.15) is 11.9 Å². The summed E-state index contributed by atoms with van der Waals surface area (Å²) in [6.07, 6.45) is 5.16. The van der Waals surface area contributed by atoms with E-state index in [9.17, 15) is 4.79 Å². The average molecular weight is 398 g/mol. The van der Waals surface area contributed by atoms with Crippen molar-refractivity contribution in [1.82, 2.24) is 9.88 Å². The lowest BCUT2D eigenvalue weighted by Crippen LogP contribution is -2.41. The topological polar surface area (TPSA) is 42.4 Å². The second-order valence-corrected chi connectivity index (χ2v) is 6.22. The van der Waals surface area contributed by atoms with Gasteiger partial charge >= 0.3 is 0 Å². The van der Waals surface area contributed by atoms with Gasteiger partial charge < -0.3 is 9.64 Å². The molecule has 23 heavy (non-hydrogen) atoms. The summed E-state index contributed by atoms with van der Waals surface area (Å²) in [5, 5.41) is 0. The van der Waals surface area contributed by atoms with Crippen LogP contribution in [0.1, 0.15) is 23.2 Å². The highest BCUT2D eigenvalue weighted by Crippen LogP contribution is 2.22. The van der Waals surface area contributed by atoms with Crippen LogP contribution in [0, 0.1) is 0 Å². The molecule has 2 heterocycles. The molecule has 3 rings (SSSR count). The van der Waals surface area contributed by atoms with Crippen LogP contribution >= 0.6 is 28.3 Å². The van der Waals surface area contributed by atoms with Gasteiger partial charge in [0.15, 0.2) is 0 Å². The number of hydrogen-bond donors (Lipinski definition) is 0. The van der Waals surface area contributed by atoms with E-state index in [2.05, 4.69) is 20.9 Å². The van der Waals surface area contributed by atoms with Crippen LogP contribution < -0.4 is 4.74 Å². The molecule has 1 aromatic carbocycles. The third-order valence-electron chi connectivity index (χ3n) is 3.75. The predicted molar refractivity (Wildman–Crippen MR) is 95.2 cm³/mol. The zero-order valence-corrected chi connectivity index (χ0v) is 14.9. The first-order valence-electron chi connectivity index (χ1n) is 7.34. The number of aromatic nitrogens is 1. The van der Waals surface area contributed by atoms with Gasteiger partial charge in [-0.3, -0.25) is 9.78 Å². The van der Waals surface area contributed by atoms with Crippen LogP contribution in [0.15, 0.2) is 53.3 Å². The second-order valence-electron chi connectivity index (χ2n) is 5.31. The Balaban J connectivity index is 0.00000192. The number of rotatable bonds is 3. The van der Waals surface area contributed by atoms with Crippen molar-refractivity contribution in [2.75, 3.05) is 13.1 Å². The molecule has 1 aromatic heterocycles. The first-order chi connectivity index (χ1) is 10.7. The maximum Gasteiger partial charge on any atom is 0.255 e. The van der Waals surface area contributed by atoms with E-state index in [0.717, 1.165) is 36.2 Å². The van der Waals surface area contributed by atoms with Crippen molar-refractivity contribution in [2.24, 2.45) is 0 Å². The van der Waals surface area contributed by atoms with E-state index < -0.39 is 0 Å². The highest BCUT2D eigenvalue weighted by molar-refractivity contribution is 9.10. The van der Waals surface area contributed by atoms with Crippen LogP contribution in [0.2, 0.25) is 0 Å². The summed E-state index contributed by atoms with van der Waals surface area (Å²) in [7, 11) is 0. The summed E-state index contributed by atoms with van der Waals surface area (Å²) < 4.78 is 7.01. The Kier molecular flexibility index (Phi) is 6.42. The number of likely N-dealkylation sites (tertiary alicyclic amines) is 1. The van der Waals surface area contributed by atoms with Crippen molar-refractivity contribution in [3.8, 4) is 5.75 Å². The highest BCUT2D eigenvalue weighted by Gasteiger charge is 2.24. The number of halogens is 2. The van der Waals surface area contributed by atoms with Gasteiger partial charge in [0.25, 0.3) is 5.91 Å². The molecule has 1 fully saturated rings. The monoisotopic (exact) mass is 396 g/mol. The Morgan fingerprint density at radius 3 is 2.48 bits per heavy atom. The maximum absolute atomic E-state index is 12.3. The predicted octanol–water partition coefficient (Wildman–Crippen LogP) is 3.95.